The van der Waals surface area contributed by atoms with Crippen LogP contribution in [0.4, 0.5) is 17.1 Å². The molecule has 1 spiro atoms. The third-order valence-electron chi connectivity index (χ3n) is 11.7. The summed E-state index contributed by atoms with van der Waals surface area (Å²) in [5, 5.41) is 0. The summed E-state index contributed by atoms with van der Waals surface area (Å²) in [4.78, 5) is 2.40. The van der Waals surface area contributed by atoms with Crippen molar-refractivity contribution in [1.82, 2.24) is 0 Å². The maximum Gasteiger partial charge on any atom is 0.132 e. The molecule has 2 nitrogen and oxygen atoms in total. The van der Waals surface area contributed by atoms with Crippen LogP contribution in [-0.2, 0) is 5.41 Å². The Hall–Kier alpha value is -7.42. The van der Waals surface area contributed by atoms with Gasteiger partial charge < -0.3 is 9.64 Å². The lowest BCUT2D eigenvalue weighted by atomic mass is 9.66. The van der Waals surface area contributed by atoms with E-state index in [1.54, 1.807) is 0 Å². The first kappa shape index (κ1) is 33.0. The van der Waals surface area contributed by atoms with Crippen LogP contribution >= 0.6 is 0 Å². The first-order chi connectivity index (χ1) is 28.3. The summed E-state index contributed by atoms with van der Waals surface area (Å²) in [6, 6.07) is 81.0. The Morgan fingerprint density at radius 1 is 0.281 bits per heavy atom. The second-order valence-corrected chi connectivity index (χ2v) is 14.9. The Kier molecular flexibility index (Phi) is 7.75. The highest BCUT2D eigenvalue weighted by atomic mass is 16.5. The number of hydrogen-bond donors (Lipinski definition) is 0. The highest BCUT2D eigenvalue weighted by molar-refractivity contribution is 5.91. The molecule has 0 saturated carbocycles. The number of rotatable bonds is 6. The largest absolute Gasteiger partial charge is 0.457 e. The lowest BCUT2D eigenvalue weighted by molar-refractivity contribution is 0.436. The van der Waals surface area contributed by atoms with Crippen LogP contribution in [0, 0.1) is 0 Å². The summed E-state index contributed by atoms with van der Waals surface area (Å²) in [5.74, 6) is 1.79. The summed E-state index contributed by atoms with van der Waals surface area (Å²) in [6.45, 7) is 0. The number of para-hydroxylation sites is 2. The lowest BCUT2D eigenvalue weighted by Gasteiger charge is -2.39. The van der Waals surface area contributed by atoms with E-state index < -0.39 is 5.41 Å². The molecule has 0 fully saturated rings. The van der Waals surface area contributed by atoms with Crippen LogP contribution in [0.25, 0.3) is 44.5 Å². The van der Waals surface area contributed by atoms with Crippen LogP contribution in [0.1, 0.15) is 22.3 Å². The van der Waals surface area contributed by atoms with Crippen LogP contribution in [0.3, 0.4) is 0 Å². The minimum absolute atomic E-state index is 0.552. The highest BCUT2D eigenvalue weighted by Gasteiger charge is 2.51. The van der Waals surface area contributed by atoms with Crippen molar-refractivity contribution in [2.75, 3.05) is 4.90 Å². The minimum Gasteiger partial charge on any atom is -0.457 e. The number of nitrogens with zero attached hydrogens (tertiary/aromatic N) is 1. The zero-order chi connectivity index (χ0) is 37.8. The van der Waals surface area contributed by atoms with Crippen LogP contribution in [0.15, 0.2) is 224 Å². The van der Waals surface area contributed by atoms with Crippen LogP contribution in [0.5, 0.6) is 11.5 Å². The van der Waals surface area contributed by atoms with Crippen LogP contribution in [0.2, 0.25) is 0 Å². The Bertz CT molecular complexity index is 2870. The van der Waals surface area contributed by atoms with Gasteiger partial charge in [0.05, 0.1) is 5.41 Å². The highest BCUT2D eigenvalue weighted by Crippen LogP contribution is 2.62. The first-order valence-corrected chi connectivity index (χ1v) is 19.6. The van der Waals surface area contributed by atoms with E-state index in [-0.39, 0.29) is 0 Å². The maximum atomic E-state index is 6.63. The monoisotopic (exact) mass is 727 g/mol. The zero-order valence-corrected chi connectivity index (χ0v) is 31.2. The molecule has 9 aromatic rings. The van der Waals surface area contributed by atoms with Crippen molar-refractivity contribution in [3.05, 3.63) is 247 Å². The van der Waals surface area contributed by atoms with E-state index in [1.807, 2.05) is 0 Å². The first-order valence-electron chi connectivity index (χ1n) is 19.6. The van der Waals surface area contributed by atoms with E-state index >= 15 is 0 Å². The van der Waals surface area contributed by atoms with Gasteiger partial charge in [-0.3, -0.25) is 0 Å². The van der Waals surface area contributed by atoms with Crippen molar-refractivity contribution < 1.29 is 4.74 Å². The van der Waals surface area contributed by atoms with Gasteiger partial charge in [-0.1, -0.05) is 170 Å². The molecular weight excluding hydrogens is 691 g/mol. The molecule has 0 N–H and O–H groups in total. The van der Waals surface area contributed by atoms with Crippen molar-refractivity contribution in [2.24, 2.45) is 0 Å². The van der Waals surface area contributed by atoms with Crippen molar-refractivity contribution in [2.45, 2.75) is 5.41 Å². The summed E-state index contributed by atoms with van der Waals surface area (Å²) in [6.07, 6.45) is 0. The number of fused-ring (bicyclic) bond motifs is 9. The quantitative estimate of drug-likeness (QED) is 0.169. The molecule has 0 saturated heterocycles. The lowest BCUT2D eigenvalue weighted by Crippen LogP contribution is -2.32. The van der Waals surface area contributed by atoms with Crippen molar-refractivity contribution in [1.29, 1.82) is 0 Å². The van der Waals surface area contributed by atoms with Crippen molar-refractivity contribution in [3.8, 4) is 56.0 Å². The predicted molar refractivity (Wildman–Crippen MR) is 235 cm³/mol. The number of anilines is 3. The van der Waals surface area contributed by atoms with Gasteiger partial charge in [-0.2, -0.15) is 0 Å². The Morgan fingerprint density at radius 2 is 0.702 bits per heavy atom. The molecule has 1 aliphatic carbocycles. The fourth-order valence-corrected chi connectivity index (χ4v) is 9.17. The van der Waals surface area contributed by atoms with Gasteiger partial charge in [0.1, 0.15) is 11.5 Å². The van der Waals surface area contributed by atoms with E-state index in [9.17, 15) is 0 Å². The minimum atomic E-state index is -0.552. The number of benzene rings is 9. The summed E-state index contributed by atoms with van der Waals surface area (Å²) in [5.41, 5.74) is 17.2. The normalized spacial score (nSPS) is 12.8. The number of ether oxygens (including phenoxy) is 1. The zero-order valence-electron chi connectivity index (χ0n) is 31.2. The van der Waals surface area contributed by atoms with Crippen molar-refractivity contribution in [3.63, 3.8) is 0 Å². The molecule has 11 rings (SSSR count). The molecule has 268 valence electrons. The standard InChI is InChI=1S/C55H37NO/c1-3-14-38(15-4-1)40-26-30-44(31-27-40)56(45-32-28-41(29-33-45)43-19-13-18-42(36-43)39-16-5-2-6-17-39)46-34-35-48-47-20-7-8-21-49(47)55(52(48)37-46)50-22-9-11-24-53(50)57-54-25-12-10-23-51(54)55/h1-37H. The van der Waals surface area contributed by atoms with Crippen molar-refractivity contribution >= 4 is 17.1 Å². The second kappa shape index (κ2) is 13.4. The van der Waals surface area contributed by atoms with Gasteiger partial charge >= 0.3 is 0 Å². The van der Waals surface area contributed by atoms with E-state index in [0.29, 0.717) is 0 Å². The molecule has 0 unspecified atom stereocenters. The molecule has 0 aromatic heterocycles. The molecule has 57 heavy (non-hydrogen) atoms. The SMILES string of the molecule is c1ccc(-c2ccc(N(c3ccc(-c4cccc(-c5ccccc5)c4)cc3)c3ccc4c(c3)C3(c5ccccc5Oc5ccccc53)c3ccccc3-4)cc2)cc1. The predicted octanol–water partition coefficient (Wildman–Crippen LogP) is 14.6. The van der Waals surface area contributed by atoms with E-state index in [1.165, 1.54) is 55.6 Å². The van der Waals surface area contributed by atoms with Gasteiger partial charge in [0.15, 0.2) is 0 Å². The molecule has 0 radical (unpaired) electrons. The molecule has 0 atom stereocenters. The fraction of sp³-hybridized carbons (Fsp3) is 0.0182. The van der Waals surface area contributed by atoms with Gasteiger partial charge in [0, 0.05) is 28.2 Å². The maximum absolute atomic E-state index is 6.63. The molecule has 0 bridgehead atoms. The Morgan fingerprint density at radius 3 is 1.30 bits per heavy atom. The van der Waals surface area contributed by atoms with E-state index in [0.717, 1.165) is 39.7 Å². The Labute approximate surface area is 333 Å². The van der Waals surface area contributed by atoms with E-state index in [4.69, 9.17) is 4.74 Å². The summed E-state index contributed by atoms with van der Waals surface area (Å²) >= 11 is 0. The molecule has 2 aliphatic rings. The third kappa shape index (κ3) is 5.33. The molecule has 1 aliphatic heterocycles. The average Bonchev–Trinajstić information content (AvgIpc) is 3.57. The van der Waals surface area contributed by atoms with Gasteiger partial charge in [-0.05, 0) is 110 Å². The smallest absolute Gasteiger partial charge is 0.132 e. The van der Waals surface area contributed by atoms with E-state index in [2.05, 4.69) is 229 Å². The van der Waals surface area contributed by atoms with Crippen LogP contribution < -0.4 is 9.64 Å². The topological polar surface area (TPSA) is 12.5 Å². The molecule has 9 aromatic carbocycles. The third-order valence-corrected chi connectivity index (χ3v) is 11.7. The molecule has 1 heterocycles. The van der Waals surface area contributed by atoms with Gasteiger partial charge in [0.2, 0.25) is 0 Å². The number of hydrogen-bond acceptors (Lipinski definition) is 2. The van der Waals surface area contributed by atoms with Gasteiger partial charge in [-0.25, -0.2) is 0 Å². The van der Waals surface area contributed by atoms with Gasteiger partial charge in [-0.15, -0.1) is 0 Å². The summed E-state index contributed by atoms with van der Waals surface area (Å²) < 4.78 is 6.63. The molecule has 0 amide bonds. The Balaban J connectivity index is 1.09. The van der Waals surface area contributed by atoms with Gasteiger partial charge in [0.25, 0.3) is 0 Å². The molecule has 2 heteroatoms. The molecular formula is C55H37NO. The average molecular weight is 728 g/mol. The second-order valence-electron chi connectivity index (χ2n) is 14.9. The van der Waals surface area contributed by atoms with Crippen LogP contribution in [-0.4, -0.2) is 0 Å². The fourth-order valence-electron chi connectivity index (χ4n) is 9.17. The summed E-state index contributed by atoms with van der Waals surface area (Å²) in [7, 11) is 0.